The Kier molecular flexibility index (Phi) is 5.04. The van der Waals surface area contributed by atoms with Gasteiger partial charge in [-0.1, -0.05) is 6.07 Å². The summed E-state index contributed by atoms with van der Waals surface area (Å²) in [6.07, 6.45) is 1.99. The Balaban J connectivity index is 1.64. The standard InChI is InChI=1S/C23H21N5O5/c1-32-18-11-8-14(12-19(18)33-2)21-20-16(4-3-5-17(20)29)24-23-25-22(26-27(21)23)13-6-9-15(10-7-13)28(30)31/h6-12,21H,3-5H2,1-2H3,(H,24,25,26). The van der Waals surface area contributed by atoms with Crippen molar-refractivity contribution in [2.45, 2.75) is 25.3 Å². The number of nitro groups is 1. The summed E-state index contributed by atoms with van der Waals surface area (Å²) in [5.41, 5.74) is 2.96. The van der Waals surface area contributed by atoms with Crippen molar-refractivity contribution < 1.29 is 19.2 Å². The summed E-state index contributed by atoms with van der Waals surface area (Å²) in [5, 5.41) is 19.0. The fourth-order valence-electron chi connectivity index (χ4n) is 4.34. The van der Waals surface area contributed by atoms with Crippen molar-refractivity contribution in [1.82, 2.24) is 14.8 Å². The molecule has 1 aliphatic carbocycles. The molecule has 168 valence electrons. The summed E-state index contributed by atoms with van der Waals surface area (Å²) >= 11 is 0. The monoisotopic (exact) mass is 447 g/mol. The van der Waals surface area contributed by atoms with Crippen molar-refractivity contribution in [2.75, 3.05) is 19.5 Å². The van der Waals surface area contributed by atoms with E-state index in [4.69, 9.17) is 14.6 Å². The molecule has 1 N–H and O–H groups in total. The Morgan fingerprint density at radius 2 is 1.85 bits per heavy atom. The van der Waals surface area contributed by atoms with E-state index in [0.717, 1.165) is 24.1 Å². The number of Topliss-reactive ketones (excluding diaryl/α,β-unsaturated/α-hetero) is 1. The van der Waals surface area contributed by atoms with Gasteiger partial charge in [-0.15, -0.1) is 5.10 Å². The molecule has 1 aromatic heterocycles. The quantitative estimate of drug-likeness (QED) is 0.462. The van der Waals surface area contributed by atoms with Gasteiger partial charge in [0.15, 0.2) is 23.1 Å². The third-order valence-electron chi connectivity index (χ3n) is 5.93. The van der Waals surface area contributed by atoms with Gasteiger partial charge in [0, 0.05) is 35.4 Å². The first-order valence-electron chi connectivity index (χ1n) is 10.5. The SMILES string of the molecule is COc1ccc(C2C3=C(CCCC3=O)Nc3nc(-c4ccc([N+](=O)[O-])cc4)nn32)cc1OC. The zero-order chi connectivity index (χ0) is 23.1. The zero-order valence-corrected chi connectivity index (χ0v) is 18.1. The predicted octanol–water partition coefficient (Wildman–Crippen LogP) is 3.89. The van der Waals surface area contributed by atoms with Crippen LogP contribution in [0, 0.1) is 10.1 Å². The molecule has 3 aromatic rings. The van der Waals surface area contributed by atoms with E-state index >= 15 is 0 Å². The van der Waals surface area contributed by atoms with Crippen LogP contribution in [0.15, 0.2) is 53.7 Å². The molecule has 0 bridgehead atoms. The van der Waals surface area contributed by atoms with Gasteiger partial charge in [0.2, 0.25) is 5.95 Å². The molecular weight excluding hydrogens is 426 g/mol. The molecular formula is C23H21N5O5. The predicted molar refractivity (Wildman–Crippen MR) is 119 cm³/mol. The Morgan fingerprint density at radius 3 is 2.55 bits per heavy atom. The van der Waals surface area contributed by atoms with Crippen molar-refractivity contribution in [2.24, 2.45) is 0 Å². The smallest absolute Gasteiger partial charge is 0.269 e. The molecule has 5 rings (SSSR count). The molecule has 0 amide bonds. The topological polar surface area (TPSA) is 121 Å². The van der Waals surface area contributed by atoms with E-state index < -0.39 is 11.0 Å². The maximum Gasteiger partial charge on any atom is 0.269 e. The number of carbonyl (C=O) groups excluding carboxylic acids is 1. The van der Waals surface area contributed by atoms with E-state index in [1.807, 2.05) is 12.1 Å². The summed E-state index contributed by atoms with van der Waals surface area (Å²) in [5.74, 6) is 2.13. The zero-order valence-electron chi connectivity index (χ0n) is 18.1. The normalized spacial score (nSPS) is 17.2. The lowest BCUT2D eigenvalue weighted by Gasteiger charge is -2.32. The second kappa shape index (κ2) is 8.05. The molecule has 1 unspecified atom stereocenters. The number of methoxy groups -OCH3 is 2. The number of rotatable bonds is 5. The molecule has 0 spiro atoms. The number of anilines is 1. The fourth-order valence-corrected chi connectivity index (χ4v) is 4.34. The van der Waals surface area contributed by atoms with Gasteiger partial charge in [0.1, 0.15) is 6.04 Å². The number of fused-ring (bicyclic) bond motifs is 1. The number of non-ortho nitro benzene ring substituents is 1. The van der Waals surface area contributed by atoms with Crippen molar-refractivity contribution in [1.29, 1.82) is 0 Å². The van der Waals surface area contributed by atoms with Crippen LogP contribution in [-0.4, -0.2) is 39.7 Å². The average molecular weight is 447 g/mol. The number of ketones is 1. The third kappa shape index (κ3) is 3.49. The van der Waals surface area contributed by atoms with Crippen molar-refractivity contribution in [3.8, 4) is 22.9 Å². The molecule has 1 aliphatic heterocycles. The van der Waals surface area contributed by atoms with E-state index in [1.54, 1.807) is 37.1 Å². The maximum atomic E-state index is 13.0. The van der Waals surface area contributed by atoms with Gasteiger partial charge in [0.25, 0.3) is 5.69 Å². The number of nitrogens with zero attached hydrogens (tertiary/aromatic N) is 4. The van der Waals surface area contributed by atoms with Crippen LogP contribution in [0.2, 0.25) is 0 Å². The number of benzene rings is 2. The number of aromatic nitrogens is 3. The van der Waals surface area contributed by atoms with E-state index in [2.05, 4.69) is 10.3 Å². The van der Waals surface area contributed by atoms with Crippen LogP contribution in [-0.2, 0) is 4.79 Å². The molecule has 0 saturated heterocycles. The van der Waals surface area contributed by atoms with Gasteiger partial charge in [-0.2, -0.15) is 4.98 Å². The first-order valence-corrected chi connectivity index (χ1v) is 10.5. The third-order valence-corrected chi connectivity index (χ3v) is 5.93. The number of hydrogen-bond donors (Lipinski definition) is 1. The number of carbonyl (C=O) groups is 1. The van der Waals surface area contributed by atoms with Crippen LogP contribution >= 0.6 is 0 Å². The average Bonchev–Trinajstić information content (AvgIpc) is 3.26. The van der Waals surface area contributed by atoms with Crippen LogP contribution in [0.4, 0.5) is 11.6 Å². The van der Waals surface area contributed by atoms with Gasteiger partial charge < -0.3 is 14.8 Å². The lowest BCUT2D eigenvalue weighted by molar-refractivity contribution is -0.384. The van der Waals surface area contributed by atoms with E-state index in [-0.39, 0.29) is 11.5 Å². The summed E-state index contributed by atoms with van der Waals surface area (Å²) < 4.78 is 12.5. The largest absolute Gasteiger partial charge is 0.493 e. The summed E-state index contributed by atoms with van der Waals surface area (Å²) in [6.45, 7) is 0. The van der Waals surface area contributed by atoms with Crippen LogP contribution < -0.4 is 14.8 Å². The highest BCUT2D eigenvalue weighted by Crippen LogP contribution is 2.42. The van der Waals surface area contributed by atoms with Gasteiger partial charge in [-0.3, -0.25) is 14.9 Å². The van der Waals surface area contributed by atoms with Crippen molar-refractivity contribution >= 4 is 17.4 Å². The molecule has 0 fully saturated rings. The molecule has 10 heteroatoms. The first-order chi connectivity index (χ1) is 16.0. The lowest BCUT2D eigenvalue weighted by atomic mass is 9.85. The Bertz CT molecular complexity index is 1300. The highest BCUT2D eigenvalue weighted by Gasteiger charge is 2.37. The number of allylic oxidation sites excluding steroid dienone is 2. The Morgan fingerprint density at radius 1 is 1.09 bits per heavy atom. The van der Waals surface area contributed by atoms with Crippen molar-refractivity contribution in [3.05, 3.63) is 69.4 Å². The number of hydrogen-bond acceptors (Lipinski definition) is 8. The summed E-state index contributed by atoms with van der Waals surface area (Å²) in [6, 6.07) is 11.1. The van der Waals surface area contributed by atoms with Crippen LogP contribution in [0.3, 0.4) is 0 Å². The van der Waals surface area contributed by atoms with E-state index in [1.165, 1.54) is 12.1 Å². The van der Waals surface area contributed by atoms with Gasteiger partial charge in [-0.05, 0) is 42.7 Å². The number of nitro benzene ring substituents is 1. The van der Waals surface area contributed by atoms with Crippen LogP contribution in [0.5, 0.6) is 11.5 Å². The fraction of sp³-hybridized carbons (Fsp3) is 0.261. The molecule has 1 atom stereocenters. The minimum absolute atomic E-state index is 0.00761. The second-order valence-corrected chi connectivity index (χ2v) is 7.82. The Labute approximate surface area is 189 Å². The molecule has 2 heterocycles. The molecule has 0 saturated carbocycles. The molecule has 33 heavy (non-hydrogen) atoms. The Hall–Kier alpha value is -4.21. The second-order valence-electron chi connectivity index (χ2n) is 7.82. The first kappa shape index (κ1) is 20.7. The van der Waals surface area contributed by atoms with Gasteiger partial charge in [-0.25, -0.2) is 4.68 Å². The summed E-state index contributed by atoms with van der Waals surface area (Å²) in [4.78, 5) is 28.2. The number of nitrogens with one attached hydrogen (secondary N) is 1. The van der Waals surface area contributed by atoms with Crippen molar-refractivity contribution in [3.63, 3.8) is 0 Å². The minimum atomic E-state index is -0.483. The highest BCUT2D eigenvalue weighted by molar-refractivity contribution is 5.99. The van der Waals surface area contributed by atoms with Crippen LogP contribution in [0.1, 0.15) is 30.9 Å². The van der Waals surface area contributed by atoms with Gasteiger partial charge >= 0.3 is 0 Å². The molecule has 10 nitrogen and oxygen atoms in total. The minimum Gasteiger partial charge on any atom is -0.493 e. The molecule has 2 aliphatic rings. The van der Waals surface area contributed by atoms with E-state index in [0.29, 0.717) is 40.8 Å². The van der Waals surface area contributed by atoms with E-state index in [9.17, 15) is 14.9 Å². The number of ether oxygens (including phenoxy) is 2. The molecule has 0 radical (unpaired) electrons. The summed E-state index contributed by atoms with van der Waals surface area (Å²) in [7, 11) is 3.13. The molecule has 2 aromatic carbocycles. The maximum absolute atomic E-state index is 13.0. The highest BCUT2D eigenvalue weighted by atomic mass is 16.6. The van der Waals surface area contributed by atoms with Crippen LogP contribution in [0.25, 0.3) is 11.4 Å². The lowest BCUT2D eigenvalue weighted by Crippen LogP contribution is -2.31. The van der Waals surface area contributed by atoms with Gasteiger partial charge in [0.05, 0.1) is 19.1 Å².